The van der Waals surface area contributed by atoms with Gasteiger partial charge in [0.2, 0.25) is 0 Å². The minimum absolute atomic E-state index is 0.172. The highest BCUT2D eigenvalue weighted by molar-refractivity contribution is 6.04. The molecule has 0 saturated heterocycles. The molecule has 4 rings (SSSR count). The van der Waals surface area contributed by atoms with Crippen LogP contribution < -0.4 is 5.32 Å². The van der Waals surface area contributed by atoms with Gasteiger partial charge in [0.1, 0.15) is 11.3 Å². The van der Waals surface area contributed by atoms with Crippen LogP contribution in [-0.4, -0.2) is 30.0 Å². The molecule has 0 aliphatic carbocycles. The van der Waals surface area contributed by atoms with Crippen LogP contribution in [0.4, 0.5) is 0 Å². The predicted molar refractivity (Wildman–Crippen MR) is 102 cm³/mol. The van der Waals surface area contributed by atoms with E-state index in [-0.39, 0.29) is 11.9 Å². The Morgan fingerprint density at radius 2 is 2.00 bits per heavy atom. The molecule has 4 aromatic rings. The van der Waals surface area contributed by atoms with E-state index in [9.17, 15) is 4.79 Å². The van der Waals surface area contributed by atoms with Crippen LogP contribution in [-0.2, 0) is 13.6 Å². The van der Waals surface area contributed by atoms with Crippen molar-refractivity contribution in [3.8, 4) is 0 Å². The number of hydrogen-bond donors (Lipinski definition) is 1. The second-order valence-corrected chi connectivity index (χ2v) is 6.44. The van der Waals surface area contributed by atoms with Crippen molar-refractivity contribution in [2.75, 3.05) is 0 Å². The normalized spacial score (nSPS) is 12.2. The van der Waals surface area contributed by atoms with E-state index in [1.165, 1.54) is 0 Å². The molecule has 0 radical (unpaired) electrons. The van der Waals surface area contributed by atoms with E-state index in [4.69, 9.17) is 0 Å². The van der Waals surface area contributed by atoms with E-state index in [0.29, 0.717) is 23.3 Å². The molecule has 0 saturated carbocycles. The number of carbonyl (C=O) groups is 1. The third kappa shape index (κ3) is 3.31. The first kappa shape index (κ1) is 17.0. The molecule has 1 amide bonds. The van der Waals surface area contributed by atoms with Crippen LogP contribution in [0, 0.1) is 6.92 Å². The molecule has 0 bridgehead atoms. The van der Waals surface area contributed by atoms with Crippen molar-refractivity contribution in [1.29, 1.82) is 0 Å². The topological polar surface area (TPSA) is 77.6 Å². The maximum atomic E-state index is 13.1. The summed E-state index contributed by atoms with van der Waals surface area (Å²) in [4.78, 5) is 26.0. The van der Waals surface area contributed by atoms with Gasteiger partial charge in [-0.05, 0) is 18.6 Å². The Balaban J connectivity index is 1.67. The summed E-state index contributed by atoms with van der Waals surface area (Å²) < 4.78 is 3.83. The van der Waals surface area contributed by atoms with Crippen LogP contribution in [0.5, 0.6) is 0 Å². The van der Waals surface area contributed by atoms with Gasteiger partial charge in [0.15, 0.2) is 5.65 Å². The van der Waals surface area contributed by atoms with E-state index in [0.717, 1.165) is 11.4 Å². The predicted octanol–water partition coefficient (Wildman–Crippen LogP) is 2.64. The van der Waals surface area contributed by atoms with Crippen LogP contribution in [0.15, 0.2) is 61.3 Å². The molecule has 0 fully saturated rings. The lowest BCUT2D eigenvalue weighted by molar-refractivity contribution is 0.0934. The average Bonchev–Trinajstić information content (AvgIpc) is 3.30. The molecule has 1 aromatic carbocycles. The Hall–Kier alpha value is -3.48. The fraction of sp³-hybridized carbons (Fsp3) is 0.200. The van der Waals surface area contributed by atoms with E-state index in [2.05, 4.69) is 20.3 Å². The highest BCUT2D eigenvalue weighted by Crippen LogP contribution is 2.20. The molecule has 136 valence electrons. The van der Waals surface area contributed by atoms with Gasteiger partial charge in [-0.15, -0.1) is 0 Å². The first-order chi connectivity index (χ1) is 13.1. The van der Waals surface area contributed by atoms with Crippen LogP contribution in [0.1, 0.15) is 27.8 Å². The monoisotopic (exact) mass is 360 g/mol. The highest BCUT2D eigenvalue weighted by Gasteiger charge is 2.20. The fourth-order valence-corrected chi connectivity index (χ4v) is 3.13. The number of pyridine rings is 1. The number of aromatic nitrogens is 5. The van der Waals surface area contributed by atoms with Gasteiger partial charge in [-0.2, -0.15) is 0 Å². The number of hydrogen-bond acceptors (Lipinski definition) is 4. The van der Waals surface area contributed by atoms with Crippen molar-refractivity contribution >= 4 is 17.1 Å². The van der Waals surface area contributed by atoms with Gasteiger partial charge in [-0.3, -0.25) is 4.79 Å². The average molecular weight is 360 g/mol. The Labute approximate surface area is 156 Å². The zero-order chi connectivity index (χ0) is 18.8. The van der Waals surface area contributed by atoms with Crippen molar-refractivity contribution in [2.24, 2.45) is 7.05 Å². The van der Waals surface area contributed by atoms with Gasteiger partial charge in [0.05, 0.1) is 17.9 Å². The van der Waals surface area contributed by atoms with Gasteiger partial charge in [0.25, 0.3) is 5.91 Å². The zero-order valence-corrected chi connectivity index (χ0v) is 15.2. The van der Waals surface area contributed by atoms with Crippen LogP contribution in [0.25, 0.3) is 11.2 Å². The van der Waals surface area contributed by atoms with Crippen molar-refractivity contribution in [2.45, 2.75) is 19.5 Å². The van der Waals surface area contributed by atoms with Gasteiger partial charge < -0.3 is 14.5 Å². The lowest BCUT2D eigenvalue weighted by atomic mass is 10.1. The van der Waals surface area contributed by atoms with Gasteiger partial charge in [-0.25, -0.2) is 15.0 Å². The van der Waals surface area contributed by atoms with E-state index in [1.807, 2.05) is 59.6 Å². The minimum atomic E-state index is -0.194. The first-order valence-corrected chi connectivity index (χ1v) is 8.73. The second-order valence-electron chi connectivity index (χ2n) is 6.44. The first-order valence-electron chi connectivity index (χ1n) is 8.73. The maximum absolute atomic E-state index is 13.1. The maximum Gasteiger partial charge on any atom is 0.254 e. The number of carbonyl (C=O) groups excluding carboxylic acids is 1. The Morgan fingerprint density at radius 1 is 1.19 bits per heavy atom. The lowest BCUT2D eigenvalue weighted by Crippen LogP contribution is -2.31. The number of benzene rings is 1. The van der Waals surface area contributed by atoms with Crippen molar-refractivity contribution in [3.63, 3.8) is 0 Å². The Morgan fingerprint density at radius 3 is 2.74 bits per heavy atom. The Kier molecular flexibility index (Phi) is 4.42. The molecule has 3 aromatic heterocycles. The molecule has 27 heavy (non-hydrogen) atoms. The van der Waals surface area contributed by atoms with E-state index in [1.54, 1.807) is 24.8 Å². The third-order valence-corrected chi connectivity index (χ3v) is 4.69. The third-order valence-electron chi connectivity index (χ3n) is 4.69. The summed E-state index contributed by atoms with van der Waals surface area (Å²) >= 11 is 0. The van der Waals surface area contributed by atoms with E-state index >= 15 is 0 Å². The number of nitrogens with one attached hydrogen (secondary N) is 1. The van der Waals surface area contributed by atoms with Gasteiger partial charge in [-0.1, -0.05) is 30.3 Å². The molecule has 1 unspecified atom stereocenters. The van der Waals surface area contributed by atoms with Crippen LogP contribution >= 0.6 is 0 Å². The molecule has 7 heteroatoms. The highest BCUT2D eigenvalue weighted by atomic mass is 16.1. The summed E-state index contributed by atoms with van der Waals surface area (Å²) in [5.41, 5.74) is 2.87. The van der Waals surface area contributed by atoms with Crippen molar-refractivity contribution < 1.29 is 4.79 Å². The molecule has 1 N–H and O–H groups in total. The quantitative estimate of drug-likeness (QED) is 0.593. The van der Waals surface area contributed by atoms with Gasteiger partial charge in [0, 0.05) is 32.2 Å². The smallest absolute Gasteiger partial charge is 0.254 e. The number of amides is 1. The minimum Gasteiger partial charge on any atom is -0.343 e. The SMILES string of the molecule is Cc1nc2c(C(=O)NC(Cn3ccnc3)c3ccccc3)ccnc2n1C. The number of rotatable bonds is 5. The fourth-order valence-electron chi connectivity index (χ4n) is 3.13. The van der Waals surface area contributed by atoms with Gasteiger partial charge >= 0.3 is 0 Å². The number of fused-ring (bicyclic) bond motifs is 1. The molecule has 3 heterocycles. The summed E-state index contributed by atoms with van der Waals surface area (Å²) in [5, 5.41) is 3.14. The molecular formula is C20H20N6O. The standard InChI is InChI=1S/C20H20N6O/c1-14-23-18-16(8-9-22-19(18)25(14)2)20(27)24-17(12-26-11-10-21-13-26)15-6-4-3-5-7-15/h3-11,13,17H,12H2,1-2H3,(H,24,27). The van der Waals surface area contributed by atoms with Crippen LogP contribution in [0.2, 0.25) is 0 Å². The number of nitrogens with zero attached hydrogens (tertiary/aromatic N) is 5. The summed E-state index contributed by atoms with van der Waals surface area (Å²) in [5.74, 6) is 0.644. The molecule has 0 aliphatic rings. The summed E-state index contributed by atoms with van der Waals surface area (Å²) in [7, 11) is 1.89. The largest absolute Gasteiger partial charge is 0.343 e. The number of imidazole rings is 2. The van der Waals surface area contributed by atoms with Crippen LogP contribution in [0.3, 0.4) is 0 Å². The molecular weight excluding hydrogens is 340 g/mol. The molecule has 0 aliphatic heterocycles. The summed E-state index contributed by atoms with van der Waals surface area (Å²) in [6.45, 7) is 2.49. The van der Waals surface area contributed by atoms with Crippen molar-refractivity contribution in [1.82, 2.24) is 29.4 Å². The lowest BCUT2D eigenvalue weighted by Gasteiger charge is -2.20. The molecule has 1 atom stereocenters. The Bertz CT molecular complexity index is 1070. The van der Waals surface area contributed by atoms with E-state index < -0.39 is 0 Å². The summed E-state index contributed by atoms with van der Waals surface area (Å²) in [6, 6.07) is 11.4. The van der Waals surface area contributed by atoms with Crippen molar-refractivity contribution in [3.05, 3.63) is 78.3 Å². The zero-order valence-electron chi connectivity index (χ0n) is 15.2. The molecule has 0 spiro atoms. The second kappa shape index (κ2) is 7.03. The molecule has 7 nitrogen and oxygen atoms in total. The summed E-state index contributed by atoms with van der Waals surface area (Å²) in [6.07, 6.45) is 7.00. The number of aryl methyl sites for hydroxylation is 2.